The van der Waals surface area contributed by atoms with Crippen molar-refractivity contribution in [2.45, 2.75) is 97.1 Å². The van der Waals surface area contributed by atoms with Gasteiger partial charge in [-0.2, -0.15) is 0 Å². The summed E-state index contributed by atoms with van der Waals surface area (Å²) in [5, 5.41) is 3.25. The maximum atomic E-state index is 13.4. The Morgan fingerprint density at radius 1 is 1.34 bits per heavy atom. The number of rotatable bonds is 7. The van der Waals surface area contributed by atoms with Gasteiger partial charge in [0, 0.05) is 0 Å². The Bertz CT molecular complexity index is 672. The first-order valence-corrected chi connectivity index (χ1v) is 14.0. The first-order valence-electron chi connectivity index (χ1n) is 10.7. The van der Waals surface area contributed by atoms with Gasteiger partial charge in [-0.15, -0.1) is 0 Å². The number of nitrogens with one attached hydrogen (secondary N) is 1. The zero-order valence-electron chi connectivity index (χ0n) is 19.4. The van der Waals surface area contributed by atoms with Gasteiger partial charge in [0.2, 0.25) is 11.8 Å². The molecule has 2 rings (SSSR count). The molecule has 0 aromatic heterocycles. The Hall–Kier alpha value is -0.993. The van der Waals surface area contributed by atoms with Gasteiger partial charge < -0.3 is 14.5 Å². The summed E-state index contributed by atoms with van der Waals surface area (Å²) in [5.74, 6) is -0.859. The Balaban J connectivity index is 2.18. The van der Waals surface area contributed by atoms with Crippen LogP contribution in [-0.4, -0.2) is 54.5 Å². The molecule has 0 aromatic carbocycles. The standard InChI is InChI=1S/C21H38N2O4SSi/c1-10-21(11-2)12-26-19(28)23(21)18(25)13(3)16-15(17(24)22-16)14(4)27-29(8,9)20(5,6)7/h13-16H,10-12H2,1-9H3,(H,22,24)/t13-,14-,15-,16-/m1/s1. The molecule has 1 N–H and O–H groups in total. The van der Waals surface area contributed by atoms with Gasteiger partial charge in [-0.3, -0.25) is 14.5 Å². The molecule has 0 aromatic rings. The molecule has 2 aliphatic rings. The number of nitrogens with zero attached hydrogens (tertiary/aromatic N) is 1. The van der Waals surface area contributed by atoms with Gasteiger partial charge in [-0.1, -0.05) is 41.5 Å². The fourth-order valence-corrected chi connectivity index (χ4v) is 5.82. The summed E-state index contributed by atoms with van der Waals surface area (Å²) in [6.07, 6.45) is 1.30. The Labute approximate surface area is 182 Å². The van der Waals surface area contributed by atoms with Crippen LogP contribution in [0.3, 0.4) is 0 Å². The quantitative estimate of drug-likeness (QED) is 0.368. The molecule has 0 aliphatic carbocycles. The average Bonchev–Trinajstić information content (AvgIpc) is 2.93. The third kappa shape index (κ3) is 4.25. The highest BCUT2D eigenvalue weighted by atomic mass is 32.1. The molecule has 29 heavy (non-hydrogen) atoms. The number of carbonyl (C=O) groups is 2. The largest absolute Gasteiger partial charge is 0.468 e. The van der Waals surface area contributed by atoms with Crippen LogP contribution in [0, 0.1) is 11.8 Å². The van der Waals surface area contributed by atoms with Crippen LogP contribution in [0.5, 0.6) is 0 Å². The number of ether oxygens (including phenoxy) is 1. The third-order valence-electron chi connectivity index (χ3n) is 7.38. The number of carbonyl (C=O) groups excluding carboxylic acids is 2. The summed E-state index contributed by atoms with van der Waals surface area (Å²) < 4.78 is 12.1. The molecule has 0 bridgehead atoms. The molecule has 0 saturated carbocycles. The number of hydrogen-bond acceptors (Lipinski definition) is 5. The summed E-state index contributed by atoms with van der Waals surface area (Å²) in [5.41, 5.74) is -0.394. The first kappa shape index (κ1) is 24.3. The average molecular weight is 443 g/mol. The highest BCUT2D eigenvalue weighted by Crippen LogP contribution is 2.40. The van der Waals surface area contributed by atoms with Crippen molar-refractivity contribution in [1.82, 2.24) is 10.2 Å². The van der Waals surface area contributed by atoms with Crippen molar-refractivity contribution in [1.29, 1.82) is 0 Å². The maximum Gasteiger partial charge on any atom is 0.266 e. The summed E-state index contributed by atoms with van der Waals surface area (Å²) >= 11 is 5.35. The van der Waals surface area contributed by atoms with E-state index in [2.05, 4.69) is 53.0 Å². The molecule has 2 saturated heterocycles. The smallest absolute Gasteiger partial charge is 0.266 e. The second kappa shape index (κ2) is 8.27. The van der Waals surface area contributed by atoms with E-state index < -0.39 is 19.8 Å². The molecule has 0 radical (unpaired) electrons. The van der Waals surface area contributed by atoms with Gasteiger partial charge in [0.15, 0.2) is 8.32 Å². The third-order valence-corrected chi connectivity index (χ3v) is 12.3. The molecule has 0 unspecified atom stereocenters. The van der Waals surface area contributed by atoms with Crippen LogP contribution in [0.4, 0.5) is 0 Å². The highest BCUT2D eigenvalue weighted by molar-refractivity contribution is 7.80. The van der Waals surface area contributed by atoms with Crippen molar-refractivity contribution in [3.05, 3.63) is 0 Å². The molecule has 4 atom stereocenters. The van der Waals surface area contributed by atoms with Crippen LogP contribution >= 0.6 is 12.2 Å². The lowest BCUT2D eigenvalue weighted by molar-refractivity contribution is -0.147. The van der Waals surface area contributed by atoms with Gasteiger partial charge in [0.1, 0.15) is 6.61 Å². The molecule has 6 nitrogen and oxygen atoms in total. The molecular formula is C21H38N2O4SSi. The normalized spacial score (nSPS) is 26.4. The summed E-state index contributed by atoms with van der Waals surface area (Å²) in [6.45, 7) is 19.3. The van der Waals surface area contributed by atoms with Crippen molar-refractivity contribution >= 4 is 37.5 Å². The van der Waals surface area contributed by atoms with Gasteiger partial charge >= 0.3 is 0 Å². The fraction of sp³-hybridized carbons (Fsp3) is 0.857. The molecule has 166 valence electrons. The maximum absolute atomic E-state index is 13.4. The minimum absolute atomic E-state index is 0.0432. The van der Waals surface area contributed by atoms with Crippen molar-refractivity contribution in [2.24, 2.45) is 11.8 Å². The molecule has 2 fully saturated rings. The van der Waals surface area contributed by atoms with E-state index in [4.69, 9.17) is 21.4 Å². The van der Waals surface area contributed by atoms with Crippen molar-refractivity contribution < 1.29 is 18.8 Å². The Morgan fingerprint density at radius 3 is 2.34 bits per heavy atom. The minimum Gasteiger partial charge on any atom is -0.468 e. The number of β-lactam (4-membered cyclic amide) rings is 1. The van der Waals surface area contributed by atoms with Crippen LogP contribution in [0.1, 0.15) is 61.3 Å². The fourth-order valence-electron chi connectivity index (χ4n) is 4.04. The van der Waals surface area contributed by atoms with Crippen LogP contribution in [0.2, 0.25) is 18.1 Å². The second-order valence-electron chi connectivity index (χ2n) is 10.1. The predicted octanol–water partition coefficient (Wildman–Crippen LogP) is 3.85. The van der Waals surface area contributed by atoms with E-state index in [1.54, 1.807) is 4.90 Å². The number of hydrogen-bond donors (Lipinski definition) is 1. The van der Waals surface area contributed by atoms with E-state index >= 15 is 0 Å². The van der Waals surface area contributed by atoms with Gasteiger partial charge in [-0.05, 0) is 50.1 Å². The topological polar surface area (TPSA) is 67.9 Å². The predicted molar refractivity (Wildman–Crippen MR) is 121 cm³/mol. The minimum atomic E-state index is -2.02. The van der Waals surface area contributed by atoms with Crippen molar-refractivity contribution in [3.63, 3.8) is 0 Å². The van der Waals surface area contributed by atoms with E-state index in [9.17, 15) is 9.59 Å². The highest BCUT2D eigenvalue weighted by Gasteiger charge is 2.54. The molecule has 2 heterocycles. The van der Waals surface area contributed by atoms with E-state index in [1.807, 2.05) is 13.8 Å². The zero-order valence-corrected chi connectivity index (χ0v) is 21.2. The van der Waals surface area contributed by atoms with E-state index in [-0.39, 0.29) is 40.1 Å². The summed E-state index contributed by atoms with van der Waals surface area (Å²) in [4.78, 5) is 27.5. The molecule has 2 amide bonds. The first-order chi connectivity index (χ1) is 13.2. The second-order valence-corrected chi connectivity index (χ2v) is 15.2. The van der Waals surface area contributed by atoms with Gasteiger partial charge in [0.25, 0.3) is 5.17 Å². The van der Waals surface area contributed by atoms with Gasteiger partial charge in [0.05, 0.1) is 29.5 Å². The van der Waals surface area contributed by atoms with Crippen molar-refractivity contribution in [3.8, 4) is 0 Å². The van der Waals surface area contributed by atoms with E-state index in [0.717, 1.165) is 12.8 Å². The van der Waals surface area contributed by atoms with Crippen LogP contribution in [0.25, 0.3) is 0 Å². The van der Waals surface area contributed by atoms with Crippen LogP contribution in [-0.2, 0) is 18.8 Å². The van der Waals surface area contributed by atoms with E-state index in [0.29, 0.717) is 6.61 Å². The van der Waals surface area contributed by atoms with Crippen LogP contribution in [0.15, 0.2) is 0 Å². The lowest BCUT2D eigenvalue weighted by Gasteiger charge is -2.47. The molecule has 2 aliphatic heterocycles. The van der Waals surface area contributed by atoms with Crippen molar-refractivity contribution in [2.75, 3.05) is 6.61 Å². The zero-order chi connectivity index (χ0) is 22.4. The van der Waals surface area contributed by atoms with Gasteiger partial charge in [-0.25, -0.2) is 0 Å². The lowest BCUT2D eigenvalue weighted by atomic mass is 9.78. The number of thiocarbonyl (C=S) groups is 1. The Morgan fingerprint density at radius 2 is 1.90 bits per heavy atom. The molecular weight excluding hydrogens is 404 g/mol. The lowest BCUT2D eigenvalue weighted by Crippen LogP contribution is -2.68. The Kier molecular flexibility index (Phi) is 6.92. The molecule has 8 heteroatoms. The van der Waals surface area contributed by atoms with E-state index in [1.165, 1.54) is 0 Å². The number of amides is 2. The SMILES string of the molecule is CCC1(CC)COC(=S)N1C(=O)[C@H](C)[C@H]1NC(=O)[C@@H]1[C@@H](C)O[Si](C)(C)C(C)(C)C. The van der Waals surface area contributed by atoms with Crippen LogP contribution < -0.4 is 5.32 Å². The summed E-state index contributed by atoms with van der Waals surface area (Å²) in [7, 11) is -2.02. The monoisotopic (exact) mass is 442 g/mol. The summed E-state index contributed by atoms with van der Waals surface area (Å²) in [6, 6.07) is -0.260. The molecule has 0 spiro atoms.